The second kappa shape index (κ2) is 6.70. The maximum atomic E-state index is 11.6. The van der Waals surface area contributed by atoms with E-state index in [0.29, 0.717) is 6.29 Å². The molecule has 4 nitrogen and oxygen atoms in total. The van der Waals surface area contributed by atoms with E-state index in [1.807, 2.05) is 54.6 Å². The lowest BCUT2D eigenvalue weighted by molar-refractivity contribution is -0.143. The first-order valence-corrected chi connectivity index (χ1v) is 6.59. The molecule has 2 aromatic rings. The molecule has 0 saturated carbocycles. The van der Waals surface area contributed by atoms with Gasteiger partial charge in [-0.2, -0.15) is 0 Å². The highest BCUT2D eigenvalue weighted by Crippen LogP contribution is 2.24. The van der Waals surface area contributed by atoms with Crippen LogP contribution in [0.3, 0.4) is 0 Å². The molecule has 0 N–H and O–H groups in total. The van der Waals surface area contributed by atoms with Crippen molar-refractivity contribution < 1.29 is 14.3 Å². The van der Waals surface area contributed by atoms with E-state index in [2.05, 4.69) is 4.74 Å². The van der Waals surface area contributed by atoms with Crippen LogP contribution in [-0.2, 0) is 14.3 Å². The van der Waals surface area contributed by atoms with Crippen LogP contribution in [-0.4, -0.2) is 32.5 Å². The summed E-state index contributed by atoms with van der Waals surface area (Å²) in [4.78, 5) is 24.4. The molecule has 0 aliphatic carbocycles. The predicted molar refractivity (Wildman–Crippen MR) is 82.1 cm³/mol. The third kappa shape index (κ3) is 3.28. The molecule has 0 amide bonds. The normalized spacial score (nSPS) is 11.5. The number of rotatable bonds is 5. The number of carbonyl (C=O) groups is 2. The Bertz CT molecular complexity index is 625. The van der Waals surface area contributed by atoms with E-state index < -0.39 is 12.0 Å². The molecule has 0 aliphatic rings. The Balaban J connectivity index is 2.32. The van der Waals surface area contributed by atoms with Crippen molar-refractivity contribution in [3.8, 4) is 11.1 Å². The van der Waals surface area contributed by atoms with Crippen molar-refractivity contribution in [3.63, 3.8) is 0 Å². The molecule has 2 rings (SSSR count). The Hall–Kier alpha value is -2.62. The van der Waals surface area contributed by atoms with Crippen LogP contribution in [0.4, 0.5) is 5.69 Å². The molecular weight excluding hydrogens is 266 g/mol. The van der Waals surface area contributed by atoms with E-state index in [9.17, 15) is 9.59 Å². The lowest BCUT2D eigenvalue weighted by Gasteiger charge is -2.24. The van der Waals surface area contributed by atoms with E-state index in [-0.39, 0.29) is 0 Å². The summed E-state index contributed by atoms with van der Waals surface area (Å²) >= 11 is 0. The third-order valence-electron chi connectivity index (χ3n) is 3.35. The summed E-state index contributed by atoms with van der Waals surface area (Å²) in [7, 11) is 2.97. The number of nitrogens with zero attached hydrogens (tertiary/aromatic N) is 1. The average Bonchev–Trinajstić information content (AvgIpc) is 2.56. The summed E-state index contributed by atoms with van der Waals surface area (Å²) in [6, 6.07) is 16.6. The van der Waals surface area contributed by atoms with Gasteiger partial charge in [0.25, 0.3) is 0 Å². The Morgan fingerprint density at radius 1 is 1.10 bits per heavy atom. The van der Waals surface area contributed by atoms with E-state index in [1.54, 1.807) is 11.9 Å². The monoisotopic (exact) mass is 283 g/mol. The fraction of sp³-hybridized carbons (Fsp3) is 0.176. The fourth-order valence-corrected chi connectivity index (χ4v) is 2.12. The minimum atomic E-state index is -0.943. The summed E-state index contributed by atoms with van der Waals surface area (Å²) < 4.78 is 4.65. The molecular formula is C17H17NO3. The minimum Gasteiger partial charge on any atom is -0.467 e. The maximum Gasteiger partial charge on any atom is 0.336 e. The van der Waals surface area contributed by atoms with Gasteiger partial charge < -0.3 is 14.4 Å². The van der Waals surface area contributed by atoms with E-state index >= 15 is 0 Å². The van der Waals surface area contributed by atoms with Crippen LogP contribution in [0.15, 0.2) is 54.6 Å². The molecule has 1 atom stereocenters. The number of hydrogen-bond acceptors (Lipinski definition) is 4. The number of likely N-dealkylation sites (N-methyl/N-ethyl adjacent to an activating group) is 1. The predicted octanol–water partition coefficient (Wildman–Crippen LogP) is 2.53. The van der Waals surface area contributed by atoms with Crippen molar-refractivity contribution in [2.24, 2.45) is 0 Å². The summed E-state index contributed by atoms with van der Waals surface area (Å²) in [5.74, 6) is -0.572. The van der Waals surface area contributed by atoms with Crippen molar-refractivity contribution in [2.45, 2.75) is 6.04 Å². The highest BCUT2D eigenvalue weighted by Gasteiger charge is 2.23. The SMILES string of the molecule is COC(=O)C(C=O)N(C)c1cccc(-c2ccccc2)c1. The molecule has 0 aromatic heterocycles. The van der Waals surface area contributed by atoms with Crippen molar-refractivity contribution in [1.82, 2.24) is 0 Å². The molecule has 0 spiro atoms. The zero-order valence-corrected chi connectivity index (χ0v) is 12.0. The summed E-state index contributed by atoms with van der Waals surface area (Å²) in [6.45, 7) is 0. The summed E-state index contributed by atoms with van der Waals surface area (Å²) in [6.07, 6.45) is 0.584. The van der Waals surface area contributed by atoms with Gasteiger partial charge in [-0.3, -0.25) is 0 Å². The zero-order chi connectivity index (χ0) is 15.2. The first kappa shape index (κ1) is 14.8. The van der Waals surface area contributed by atoms with Crippen LogP contribution >= 0.6 is 0 Å². The minimum absolute atomic E-state index is 0.572. The quantitative estimate of drug-likeness (QED) is 0.480. The van der Waals surface area contributed by atoms with Crippen molar-refractivity contribution >= 4 is 17.9 Å². The van der Waals surface area contributed by atoms with Crippen LogP contribution in [0.25, 0.3) is 11.1 Å². The average molecular weight is 283 g/mol. The lowest BCUT2D eigenvalue weighted by atomic mass is 10.0. The Kier molecular flexibility index (Phi) is 4.72. The highest BCUT2D eigenvalue weighted by atomic mass is 16.5. The first-order valence-electron chi connectivity index (χ1n) is 6.59. The first-order chi connectivity index (χ1) is 10.2. The Labute approximate surface area is 124 Å². The lowest BCUT2D eigenvalue weighted by Crippen LogP contribution is -2.40. The molecule has 0 fully saturated rings. The molecule has 0 saturated heterocycles. The molecule has 108 valence electrons. The molecule has 0 heterocycles. The molecule has 0 radical (unpaired) electrons. The number of benzene rings is 2. The largest absolute Gasteiger partial charge is 0.467 e. The number of esters is 1. The van der Waals surface area contributed by atoms with Gasteiger partial charge >= 0.3 is 5.97 Å². The molecule has 21 heavy (non-hydrogen) atoms. The van der Waals surface area contributed by atoms with Crippen molar-refractivity contribution in [3.05, 3.63) is 54.6 Å². The van der Waals surface area contributed by atoms with Crippen LogP contribution in [0.2, 0.25) is 0 Å². The van der Waals surface area contributed by atoms with Crippen LogP contribution in [0, 0.1) is 0 Å². The van der Waals surface area contributed by atoms with Gasteiger partial charge in [-0.25, -0.2) is 4.79 Å². The Morgan fingerprint density at radius 2 is 1.76 bits per heavy atom. The maximum absolute atomic E-state index is 11.6. The second-order valence-electron chi connectivity index (χ2n) is 4.63. The van der Waals surface area contributed by atoms with Gasteiger partial charge in [-0.05, 0) is 23.3 Å². The number of ether oxygens (including phenoxy) is 1. The highest BCUT2D eigenvalue weighted by molar-refractivity contribution is 5.96. The molecule has 0 aliphatic heterocycles. The number of hydrogen-bond donors (Lipinski definition) is 0. The zero-order valence-electron chi connectivity index (χ0n) is 12.0. The molecule has 1 unspecified atom stereocenters. The second-order valence-corrected chi connectivity index (χ2v) is 4.63. The van der Waals surface area contributed by atoms with Gasteiger partial charge in [0.15, 0.2) is 12.3 Å². The molecule has 0 bridgehead atoms. The number of carbonyl (C=O) groups excluding carboxylic acids is 2. The Morgan fingerprint density at radius 3 is 2.38 bits per heavy atom. The van der Waals surface area contributed by atoms with Gasteiger partial charge in [0.2, 0.25) is 0 Å². The van der Waals surface area contributed by atoms with E-state index in [1.165, 1.54) is 7.11 Å². The topological polar surface area (TPSA) is 46.6 Å². The smallest absolute Gasteiger partial charge is 0.336 e. The number of aldehydes is 1. The van der Waals surface area contributed by atoms with Crippen LogP contribution in [0.1, 0.15) is 0 Å². The molecule has 2 aromatic carbocycles. The summed E-state index contributed by atoms with van der Waals surface area (Å²) in [5, 5.41) is 0. The van der Waals surface area contributed by atoms with E-state index in [4.69, 9.17) is 0 Å². The van der Waals surface area contributed by atoms with Crippen LogP contribution in [0.5, 0.6) is 0 Å². The van der Waals surface area contributed by atoms with Gasteiger partial charge in [0.05, 0.1) is 7.11 Å². The molecule has 4 heteroatoms. The number of methoxy groups -OCH3 is 1. The van der Waals surface area contributed by atoms with Gasteiger partial charge in [0.1, 0.15) is 0 Å². The third-order valence-corrected chi connectivity index (χ3v) is 3.35. The van der Waals surface area contributed by atoms with Gasteiger partial charge in [-0.15, -0.1) is 0 Å². The standard InChI is InChI=1S/C17H17NO3/c1-18(16(12-19)17(20)21-2)15-10-6-9-14(11-15)13-7-4-3-5-8-13/h3-12,16H,1-2H3. The van der Waals surface area contributed by atoms with Gasteiger partial charge in [-0.1, -0.05) is 42.5 Å². The van der Waals surface area contributed by atoms with Gasteiger partial charge in [0, 0.05) is 12.7 Å². The summed E-state index contributed by atoms with van der Waals surface area (Å²) in [5.41, 5.74) is 2.88. The fourth-order valence-electron chi connectivity index (χ4n) is 2.12. The van der Waals surface area contributed by atoms with Crippen molar-refractivity contribution in [1.29, 1.82) is 0 Å². The van der Waals surface area contributed by atoms with Crippen LogP contribution < -0.4 is 4.90 Å². The number of anilines is 1. The van der Waals surface area contributed by atoms with Crippen molar-refractivity contribution in [2.75, 3.05) is 19.1 Å². The van der Waals surface area contributed by atoms with E-state index in [0.717, 1.165) is 16.8 Å².